The zero-order valence-corrected chi connectivity index (χ0v) is 10.8. The normalized spacial score (nSPS) is 10.3. The van der Waals surface area contributed by atoms with Crippen molar-refractivity contribution in [2.75, 3.05) is 11.9 Å². The minimum atomic E-state index is 0.214. The Kier molecular flexibility index (Phi) is 4.62. The number of halogens is 1. The average molecular weight is 262 g/mol. The van der Waals surface area contributed by atoms with Gasteiger partial charge in [-0.2, -0.15) is 0 Å². The van der Waals surface area contributed by atoms with Crippen LogP contribution in [0, 0.1) is 0 Å². The van der Waals surface area contributed by atoms with Gasteiger partial charge in [0.1, 0.15) is 0 Å². The maximum Gasteiger partial charge on any atom is 0.0434 e. The third-order valence-electron chi connectivity index (χ3n) is 2.73. The lowest BCUT2D eigenvalue weighted by atomic mass is 10.1. The highest BCUT2D eigenvalue weighted by Crippen LogP contribution is 2.23. The van der Waals surface area contributed by atoms with Crippen LogP contribution < -0.4 is 5.32 Å². The van der Waals surface area contributed by atoms with Crippen LogP contribution >= 0.6 is 11.6 Å². The van der Waals surface area contributed by atoms with Crippen LogP contribution in [0.15, 0.2) is 48.5 Å². The van der Waals surface area contributed by atoms with E-state index in [-0.39, 0.29) is 6.61 Å². The van der Waals surface area contributed by atoms with E-state index in [1.807, 2.05) is 42.5 Å². The van der Waals surface area contributed by atoms with Crippen molar-refractivity contribution in [3.05, 3.63) is 59.1 Å². The predicted octanol–water partition coefficient (Wildman–Crippen LogP) is 4.01. The summed E-state index contributed by atoms with van der Waals surface area (Å²) in [6.07, 6.45) is 1.63. The lowest BCUT2D eigenvalue weighted by Crippen LogP contribution is -1.97. The number of anilines is 2. The van der Waals surface area contributed by atoms with E-state index >= 15 is 0 Å². The summed E-state index contributed by atoms with van der Waals surface area (Å²) in [6, 6.07) is 15.8. The van der Waals surface area contributed by atoms with Crippen LogP contribution in [0.1, 0.15) is 12.0 Å². The van der Waals surface area contributed by atoms with Crippen LogP contribution in [0.3, 0.4) is 0 Å². The second-order valence-electron chi connectivity index (χ2n) is 4.12. The maximum atomic E-state index is 8.91. The van der Waals surface area contributed by atoms with E-state index in [0.717, 1.165) is 24.2 Å². The number of para-hydroxylation sites is 1. The SMILES string of the molecule is OCCCc1ccccc1Nc1cccc(Cl)c1. The van der Waals surface area contributed by atoms with Gasteiger partial charge in [0.15, 0.2) is 0 Å². The molecule has 2 N–H and O–H groups in total. The lowest BCUT2D eigenvalue weighted by molar-refractivity contribution is 0.288. The summed E-state index contributed by atoms with van der Waals surface area (Å²) in [7, 11) is 0. The zero-order chi connectivity index (χ0) is 12.8. The first-order valence-corrected chi connectivity index (χ1v) is 6.39. The highest BCUT2D eigenvalue weighted by atomic mass is 35.5. The Labute approximate surface area is 112 Å². The summed E-state index contributed by atoms with van der Waals surface area (Å²) in [5.41, 5.74) is 3.23. The number of aliphatic hydroxyl groups is 1. The summed E-state index contributed by atoms with van der Waals surface area (Å²) in [4.78, 5) is 0. The first-order valence-electron chi connectivity index (χ1n) is 6.01. The van der Waals surface area contributed by atoms with Crippen molar-refractivity contribution in [1.29, 1.82) is 0 Å². The van der Waals surface area contributed by atoms with E-state index < -0.39 is 0 Å². The van der Waals surface area contributed by atoms with Crippen molar-refractivity contribution in [1.82, 2.24) is 0 Å². The molecule has 3 heteroatoms. The molecule has 0 aliphatic carbocycles. The molecular weight excluding hydrogens is 246 g/mol. The van der Waals surface area contributed by atoms with E-state index in [2.05, 4.69) is 11.4 Å². The van der Waals surface area contributed by atoms with E-state index in [0.29, 0.717) is 5.02 Å². The van der Waals surface area contributed by atoms with Gasteiger partial charge in [-0.1, -0.05) is 35.9 Å². The molecule has 2 aromatic rings. The molecule has 0 bridgehead atoms. The molecule has 0 spiro atoms. The van der Waals surface area contributed by atoms with Crippen molar-refractivity contribution in [2.45, 2.75) is 12.8 Å². The fourth-order valence-corrected chi connectivity index (χ4v) is 2.04. The monoisotopic (exact) mass is 261 g/mol. The molecule has 0 atom stereocenters. The van der Waals surface area contributed by atoms with Crippen LogP contribution in [-0.2, 0) is 6.42 Å². The van der Waals surface area contributed by atoms with Gasteiger partial charge in [-0.05, 0) is 42.7 Å². The van der Waals surface area contributed by atoms with Gasteiger partial charge in [0.25, 0.3) is 0 Å². The Morgan fingerprint density at radius 3 is 2.67 bits per heavy atom. The van der Waals surface area contributed by atoms with Crippen LogP contribution in [0.4, 0.5) is 11.4 Å². The Hall–Kier alpha value is -1.51. The van der Waals surface area contributed by atoms with Crippen LogP contribution in [0.25, 0.3) is 0 Å². The summed E-state index contributed by atoms with van der Waals surface area (Å²) in [6.45, 7) is 0.214. The van der Waals surface area contributed by atoms with Crippen molar-refractivity contribution < 1.29 is 5.11 Å². The molecule has 0 aliphatic heterocycles. The highest BCUT2D eigenvalue weighted by molar-refractivity contribution is 6.30. The summed E-state index contributed by atoms with van der Waals surface area (Å²) < 4.78 is 0. The Morgan fingerprint density at radius 1 is 1.06 bits per heavy atom. The molecule has 2 aromatic carbocycles. The molecule has 0 unspecified atom stereocenters. The van der Waals surface area contributed by atoms with Crippen molar-refractivity contribution in [3.63, 3.8) is 0 Å². The van der Waals surface area contributed by atoms with Crippen LogP contribution in [-0.4, -0.2) is 11.7 Å². The number of nitrogens with one attached hydrogen (secondary N) is 1. The molecule has 0 saturated heterocycles. The Bertz CT molecular complexity index is 513. The van der Waals surface area contributed by atoms with E-state index in [9.17, 15) is 0 Å². The first kappa shape index (κ1) is 12.9. The molecule has 94 valence electrons. The molecule has 0 saturated carbocycles. The Balaban J connectivity index is 2.17. The largest absolute Gasteiger partial charge is 0.396 e. The molecule has 0 fully saturated rings. The van der Waals surface area contributed by atoms with Gasteiger partial charge in [-0.15, -0.1) is 0 Å². The number of hydrogen-bond acceptors (Lipinski definition) is 2. The van der Waals surface area contributed by atoms with Crippen molar-refractivity contribution in [2.24, 2.45) is 0 Å². The standard InChI is InChI=1S/C15H16ClNO/c16-13-7-3-8-14(11-13)17-15-9-2-1-5-12(15)6-4-10-18/h1-3,5,7-9,11,17-18H,4,6,10H2. The average Bonchev–Trinajstić information content (AvgIpc) is 2.38. The quantitative estimate of drug-likeness (QED) is 0.852. The smallest absolute Gasteiger partial charge is 0.0434 e. The molecule has 0 amide bonds. The fraction of sp³-hybridized carbons (Fsp3) is 0.200. The first-order chi connectivity index (χ1) is 8.79. The number of aryl methyl sites for hydroxylation is 1. The number of benzene rings is 2. The molecule has 18 heavy (non-hydrogen) atoms. The van der Waals surface area contributed by atoms with Gasteiger partial charge in [-0.3, -0.25) is 0 Å². The number of hydrogen-bond donors (Lipinski definition) is 2. The van der Waals surface area contributed by atoms with Gasteiger partial charge in [-0.25, -0.2) is 0 Å². The minimum Gasteiger partial charge on any atom is -0.396 e. The van der Waals surface area contributed by atoms with Gasteiger partial charge >= 0.3 is 0 Å². The van der Waals surface area contributed by atoms with Gasteiger partial charge in [0.2, 0.25) is 0 Å². The lowest BCUT2D eigenvalue weighted by Gasteiger charge is -2.11. The topological polar surface area (TPSA) is 32.3 Å². The molecule has 0 radical (unpaired) electrons. The molecule has 0 aromatic heterocycles. The minimum absolute atomic E-state index is 0.214. The van der Waals surface area contributed by atoms with Gasteiger partial charge in [0, 0.05) is 23.0 Å². The molecule has 2 nitrogen and oxygen atoms in total. The molecular formula is C15H16ClNO. The summed E-state index contributed by atoms with van der Waals surface area (Å²) in [5.74, 6) is 0. The Morgan fingerprint density at radius 2 is 1.89 bits per heavy atom. The van der Waals surface area contributed by atoms with Gasteiger partial charge < -0.3 is 10.4 Å². The van der Waals surface area contributed by atoms with E-state index in [1.54, 1.807) is 0 Å². The highest BCUT2D eigenvalue weighted by Gasteiger charge is 2.02. The second kappa shape index (κ2) is 6.43. The maximum absolute atomic E-state index is 8.91. The summed E-state index contributed by atoms with van der Waals surface area (Å²) >= 11 is 5.96. The van der Waals surface area contributed by atoms with Crippen LogP contribution in [0.2, 0.25) is 5.02 Å². The van der Waals surface area contributed by atoms with Crippen molar-refractivity contribution >= 4 is 23.0 Å². The zero-order valence-electron chi connectivity index (χ0n) is 10.1. The third-order valence-corrected chi connectivity index (χ3v) is 2.96. The second-order valence-corrected chi connectivity index (χ2v) is 4.56. The third kappa shape index (κ3) is 3.49. The van der Waals surface area contributed by atoms with E-state index in [4.69, 9.17) is 16.7 Å². The summed E-state index contributed by atoms with van der Waals surface area (Å²) in [5, 5.41) is 13.0. The van der Waals surface area contributed by atoms with Gasteiger partial charge in [0.05, 0.1) is 0 Å². The fourth-order valence-electron chi connectivity index (χ4n) is 1.85. The molecule has 2 rings (SSSR count). The molecule has 0 aliphatic rings. The predicted molar refractivity (Wildman–Crippen MR) is 76.6 cm³/mol. The van der Waals surface area contributed by atoms with Crippen molar-refractivity contribution in [3.8, 4) is 0 Å². The number of aliphatic hydroxyl groups excluding tert-OH is 1. The van der Waals surface area contributed by atoms with E-state index in [1.165, 1.54) is 5.56 Å². The molecule has 0 heterocycles. The van der Waals surface area contributed by atoms with Crippen LogP contribution in [0.5, 0.6) is 0 Å². The number of rotatable bonds is 5.